The molecule has 8 heteroatoms. The fraction of sp³-hybridized carbons (Fsp3) is 0. The lowest BCUT2D eigenvalue weighted by molar-refractivity contribution is 0.476. The Kier molecular flexibility index (Phi) is 7.06. The molecule has 2 aliphatic heterocycles. The van der Waals surface area contributed by atoms with Gasteiger partial charge in [-0.3, -0.25) is 0 Å². The Hall–Kier alpha value is -8.10. The van der Waals surface area contributed by atoms with Gasteiger partial charge in [-0.2, -0.15) is 0 Å². The van der Waals surface area contributed by atoms with Gasteiger partial charge in [-0.15, -0.1) is 0 Å². The van der Waals surface area contributed by atoms with Crippen LogP contribution in [0, 0.1) is 0 Å². The highest BCUT2D eigenvalue weighted by Gasteiger charge is 2.32. The molecular weight excluding hydrogens is 721 g/mol. The van der Waals surface area contributed by atoms with E-state index in [9.17, 15) is 0 Å². The number of hydrogen-bond donors (Lipinski definition) is 0. The molecule has 58 heavy (non-hydrogen) atoms. The van der Waals surface area contributed by atoms with Crippen molar-refractivity contribution in [1.82, 2.24) is 9.97 Å². The average molecular weight is 751 g/mol. The zero-order valence-corrected chi connectivity index (χ0v) is 30.7. The van der Waals surface area contributed by atoms with Crippen molar-refractivity contribution in [3.8, 4) is 57.0 Å². The summed E-state index contributed by atoms with van der Waals surface area (Å²) in [6, 6.07) is 61.0. The first-order chi connectivity index (χ1) is 28.7. The average Bonchev–Trinajstić information content (AvgIpc) is 3.92. The predicted octanol–water partition coefficient (Wildman–Crippen LogP) is 14.1. The molecule has 2 aromatic heterocycles. The third kappa shape index (κ3) is 5.09. The first kappa shape index (κ1) is 32.2. The maximum absolute atomic E-state index is 6.50. The molecule has 0 amide bonds. The molecule has 0 fully saturated rings. The van der Waals surface area contributed by atoms with Crippen LogP contribution in [0.2, 0.25) is 0 Å². The summed E-state index contributed by atoms with van der Waals surface area (Å²) in [4.78, 5) is 14.4. The fourth-order valence-electron chi connectivity index (χ4n) is 8.07. The number of fused-ring (bicyclic) bond motifs is 6. The van der Waals surface area contributed by atoms with Crippen molar-refractivity contribution in [2.75, 3.05) is 9.80 Å². The minimum absolute atomic E-state index is 0.534. The second-order valence-electron chi connectivity index (χ2n) is 14.2. The first-order valence-electron chi connectivity index (χ1n) is 19.1. The summed E-state index contributed by atoms with van der Waals surface area (Å²) in [7, 11) is 0. The van der Waals surface area contributed by atoms with E-state index in [0.717, 1.165) is 102 Å². The molecule has 8 nitrogen and oxygen atoms in total. The molecule has 12 rings (SSSR count). The van der Waals surface area contributed by atoms with Crippen LogP contribution in [0.25, 0.3) is 56.2 Å². The Morgan fingerprint density at radius 1 is 0.328 bits per heavy atom. The van der Waals surface area contributed by atoms with Crippen LogP contribution in [-0.2, 0) is 0 Å². The van der Waals surface area contributed by atoms with Crippen LogP contribution in [0.1, 0.15) is 0 Å². The highest BCUT2D eigenvalue weighted by molar-refractivity contribution is 6.01. The molecule has 0 bridgehead atoms. The summed E-state index contributed by atoms with van der Waals surface area (Å²) in [5.74, 6) is 4.07. The molecule has 0 saturated heterocycles. The minimum atomic E-state index is 0.534. The summed E-state index contributed by atoms with van der Waals surface area (Å²) in [5, 5.41) is 0. The van der Waals surface area contributed by atoms with Gasteiger partial charge >= 0.3 is 0 Å². The Morgan fingerprint density at radius 3 is 1.05 bits per heavy atom. The van der Waals surface area contributed by atoms with Crippen LogP contribution in [0.5, 0.6) is 23.0 Å². The SMILES string of the molecule is c1ccc2c(c1)Oc1ccccc1N2c1cc(-c2nc3ccccc3o2)ccc1-c1ccc(-c2nc3ccccc3o2)cc1N1c2ccccc2Oc2ccccc21. The van der Waals surface area contributed by atoms with Gasteiger partial charge in [0.25, 0.3) is 0 Å². The van der Waals surface area contributed by atoms with E-state index < -0.39 is 0 Å². The van der Waals surface area contributed by atoms with Gasteiger partial charge in [-0.25, -0.2) is 9.97 Å². The predicted molar refractivity (Wildman–Crippen MR) is 227 cm³/mol. The maximum atomic E-state index is 6.50. The molecule has 0 N–H and O–H groups in total. The number of aromatic nitrogens is 2. The van der Waals surface area contributed by atoms with E-state index in [1.165, 1.54) is 0 Å². The number of ether oxygens (including phenoxy) is 2. The Morgan fingerprint density at radius 2 is 0.672 bits per heavy atom. The molecule has 4 heterocycles. The summed E-state index contributed by atoms with van der Waals surface area (Å²) in [6.07, 6.45) is 0. The Balaban J connectivity index is 1.15. The zero-order valence-electron chi connectivity index (χ0n) is 30.7. The molecular formula is C50H30N4O4. The number of oxazole rings is 2. The van der Waals surface area contributed by atoms with Gasteiger partial charge in [-0.1, -0.05) is 84.9 Å². The van der Waals surface area contributed by atoms with Gasteiger partial charge in [0.2, 0.25) is 11.8 Å². The van der Waals surface area contributed by atoms with Crippen LogP contribution >= 0.6 is 0 Å². The third-order valence-electron chi connectivity index (χ3n) is 10.7. The van der Waals surface area contributed by atoms with Crippen LogP contribution in [0.15, 0.2) is 191 Å². The number of hydrogen-bond acceptors (Lipinski definition) is 8. The number of para-hydroxylation sites is 12. The lowest BCUT2D eigenvalue weighted by Gasteiger charge is -2.36. The van der Waals surface area contributed by atoms with E-state index in [-0.39, 0.29) is 0 Å². The number of benzene rings is 8. The number of anilines is 6. The monoisotopic (exact) mass is 750 g/mol. The lowest BCUT2D eigenvalue weighted by Crippen LogP contribution is -2.18. The smallest absolute Gasteiger partial charge is 0.227 e. The lowest BCUT2D eigenvalue weighted by atomic mass is 9.95. The summed E-state index contributed by atoms with van der Waals surface area (Å²) in [5.41, 5.74) is 12.1. The van der Waals surface area contributed by atoms with E-state index in [4.69, 9.17) is 28.3 Å². The van der Waals surface area contributed by atoms with Gasteiger partial charge in [-0.05, 0) is 97.1 Å². The van der Waals surface area contributed by atoms with Crippen molar-refractivity contribution >= 4 is 56.3 Å². The minimum Gasteiger partial charge on any atom is -0.453 e. The summed E-state index contributed by atoms with van der Waals surface area (Å²) >= 11 is 0. The van der Waals surface area contributed by atoms with Crippen LogP contribution < -0.4 is 19.3 Å². The van der Waals surface area contributed by atoms with Gasteiger partial charge < -0.3 is 28.1 Å². The van der Waals surface area contributed by atoms with E-state index in [1.54, 1.807) is 0 Å². The highest BCUT2D eigenvalue weighted by atomic mass is 16.5. The van der Waals surface area contributed by atoms with E-state index in [1.807, 2.05) is 121 Å². The molecule has 0 saturated carbocycles. The second-order valence-corrected chi connectivity index (χ2v) is 14.2. The Bertz CT molecular complexity index is 2870. The molecule has 0 spiro atoms. The molecule has 274 valence electrons. The third-order valence-corrected chi connectivity index (χ3v) is 10.7. The summed E-state index contributed by atoms with van der Waals surface area (Å²) < 4.78 is 25.8. The summed E-state index contributed by atoms with van der Waals surface area (Å²) in [6.45, 7) is 0. The van der Waals surface area contributed by atoms with Gasteiger partial charge in [0.1, 0.15) is 11.0 Å². The van der Waals surface area contributed by atoms with Gasteiger partial charge in [0, 0.05) is 22.3 Å². The fourth-order valence-corrected chi connectivity index (χ4v) is 8.07. The van der Waals surface area contributed by atoms with Crippen LogP contribution in [-0.4, -0.2) is 9.97 Å². The maximum Gasteiger partial charge on any atom is 0.227 e. The molecule has 10 aromatic rings. The normalized spacial score (nSPS) is 12.7. The van der Waals surface area contributed by atoms with Crippen LogP contribution in [0.3, 0.4) is 0 Å². The standard InChI is InChI=1S/C50H30N4O4/c1-7-19-43-35(13-1)51-49(57-43)31-25-27-33(41(29-31)53-37-15-3-9-21-45(37)55-46-22-10-4-16-38(46)53)34-28-26-32(50-52-36-14-2-8-20-44(36)58-50)30-42(34)54-39-17-5-11-23-47(39)56-48-24-12-6-18-40(48)54/h1-30H. The van der Waals surface area contributed by atoms with Crippen molar-refractivity contribution in [2.45, 2.75) is 0 Å². The van der Waals surface area contributed by atoms with E-state index in [0.29, 0.717) is 11.8 Å². The van der Waals surface area contributed by atoms with Crippen molar-refractivity contribution < 1.29 is 18.3 Å². The van der Waals surface area contributed by atoms with E-state index in [2.05, 4.69) is 70.5 Å². The number of nitrogens with zero attached hydrogens (tertiary/aromatic N) is 4. The first-order valence-corrected chi connectivity index (χ1v) is 19.1. The van der Waals surface area contributed by atoms with Crippen molar-refractivity contribution in [3.63, 3.8) is 0 Å². The number of rotatable bonds is 5. The van der Waals surface area contributed by atoms with E-state index >= 15 is 0 Å². The topological polar surface area (TPSA) is 77.0 Å². The molecule has 0 atom stereocenters. The quantitative estimate of drug-likeness (QED) is 0.172. The second kappa shape index (κ2) is 12.7. The largest absolute Gasteiger partial charge is 0.453 e. The van der Waals surface area contributed by atoms with Gasteiger partial charge in [0.15, 0.2) is 34.2 Å². The zero-order chi connectivity index (χ0) is 38.2. The highest BCUT2D eigenvalue weighted by Crippen LogP contribution is 2.57. The van der Waals surface area contributed by atoms with Crippen molar-refractivity contribution in [1.29, 1.82) is 0 Å². The van der Waals surface area contributed by atoms with Crippen LogP contribution in [0.4, 0.5) is 34.1 Å². The Labute approximate surface area is 332 Å². The van der Waals surface area contributed by atoms with Gasteiger partial charge in [0.05, 0.1) is 34.1 Å². The molecule has 2 aliphatic rings. The molecule has 8 aromatic carbocycles. The molecule has 0 unspecified atom stereocenters. The van der Waals surface area contributed by atoms with Crippen molar-refractivity contribution in [3.05, 3.63) is 182 Å². The van der Waals surface area contributed by atoms with Crippen molar-refractivity contribution in [2.24, 2.45) is 0 Å². The molecule has 0 aliphatic carbocycles. The molecule has 0 radical (unpaired) electrons.